The molecule has 106 valence electrons. The van der Waals surface area contributed by atoms with Gasteiger partial charge in [-0.3, -0.25) is 0 Å². The molecule has 0 fully saturated rings. The second-order valence-electron chi connectivity index (χ2n) is 3.88. The number of nitrogens with two attached hydrogens (primary N) is 1. The summed E-state index contributed by atoms with van der Waals surface area (Å²) in [4.78, 5) is 0.0891. The number of hydrogen-bond donors (Lipinski definition) is 2. The smallest absolute Gasteiger partial charge is 0.214 e. The second kappa shape index (κ2) is 7.54. The summed E-state index contributed by atoms with van der Waals surface area (Å²) in [7, 11) is -3.49. The van der Waals surface area contributed by atoms with Gasteiger partial charge in [0.1, 0.15) is 0 Å². The van der Waals surface area contributed by atoms with Crippen molar-refractivity contribution in [3.8, 4) is 0 Å². The highest BCUT2D eigenvalue weighted by Gasteiger charge is 2.21. The molecule has 0 aromatic heterocycles. The van der Waals surface area contributed by atoms with Crippen LogP contribution in [0.15, 0.2) is 30.3 Å². The van der Waals surface area contributed by atoms with Gasteiger partial charge in [0.25, 0.3) is 0 Å². The van der Waals surface area contributed by atoms with Crippen LogP contribution in [0, 0.1) is 0 Å². The van der Waals surface area contributed by atoms with Crippen LogP contribution in [0.5, 0.6) is 0 Å². The van der Waals surface area contributed by atoms with Gasteiger partial charge in [-0.15, -0.1) is 0 Å². The lowest BCUT2D eigenvalue weighted by molar-refractivity contribution is 0.163. The van der Waals surface area contributed by atoms with E-state index in [1.165, 1.54) is 0 Å². The maximum absolute atomic E-state index is 11.9. The summed E-state index contributed by atoms with van der Waals surface area (Å²) >= 11 is 4.92. The third-order valence-electron chi connectivity index (χ3n) is 2.42. The van der Waals surface area contributed by atoms with Gasteiger partial charge in [0.2, 0.25) is 10.0 Å². The highest BCUT2D eigenvalue weighted by atomic mass is 32.2. The van der Waals surface area contributed by atoms with Crippen LogP contribution in [0.2, 0.25) is 0 Å². The molecule has 0 bridgehead atoms. The molecule has 0 aliphatic heterocycles. The lowest BCUT2D eigenvalue weighted by atomic mass is 10.1. The Hall–Kier alpha value is -1.02. The lowest BCUT2D eigenvalue weighted by Gasteiger charge is -2.17. The summed E-state index contributed by atoms with van der Waals surface area (Å²) in [6.07, 6.45) is 0. The van der Waals surface area contributed by atoms with Crippen molar-refractivity contribution in [3.05, 3.63) is 35.9 Å². The minimum Gasteiger partial charge on any atom is -0.392 e. The molecular formula is C12H18N2O3S2. The minimum absolute atomic E-state index is 0.0891. The minimum atomic E-state index is -3.49. The van der Waals surface area contributed by atoms with Crippen LogP contribution >= 0.6 is 12.2 Å². The largest absolute Gasteiger partial charge is 0.392 e. The van der Waals surface area contributed by atoms with Gasteiger partial charge >= 0.3 is 0 Å². The zero-order valence-corrected chi connectivity index (χ0v) is 12.3. The summed E-state index contributed by atoms with van der Waals surface area (Å²) in [5, 5.41) is 0. The molecule has 1 aromatic carbocycles. The Morgan fingerprint density at radius 1 is 1.42 bits per heavy atom. The first-order valence-electron chi connectivity index (χ1n) is 5.88. The number of rotatable bonds is 8. The quantitative estimate of drug-likeness (QED) is 0.552. The second-order valence-corrected chi connectivity index (χ2v) is 6.22. The molecule has 1 aromatic rings. The third-order valence-corrected chi connectivity index (χ3v) is 3.95. The van der Waals surface area contributed by atoms with Gasteiger partial charge < -0.3 is 10.5 Å². The SMILES string of the molecule is CCOCCS(=O)(=O)NC(C(N)=S)c1ccccc1. The fourth-order valence-corrected chi connectivity index (χ4v) is 2.83. The van der Waals surface area contributed by atoms with Gasteiger partial charge in [-0.1, -0.05) is 42.5 Å². The molecule has 1 atom stereocenters. The van der Waals surface area contributed by atoms with Crippen molar-refractivity contribution < 1.29 is 13.2 Å². The third kappa shape index (κ3) is 5.65. The summed E-state index contributed by atoms with van der Waals surface area (Å²) in [6, 6.07) is 8.29. The fourth-order valence-electron chi connectivity index (χ4n) is 1.49. The Kier molecular flexibility index (Phi) is 6.36. The molecule has 0 saturated heterocycles. The van der Waals surface area contributed by atoms with Crippen molar-refractivity contribution in [3.63, 3.8) is 0 Å². The molecule has 0 spiro atoms. The molecule has 7 heteroatoms. The predicted octanol–water partition coefficient (Wildman–Crippen LogP) is 0.970. The Morgan fingerprint density at radius 2 is 2.05 bits per heavy atom. The first kappa shape index (κ1) is 16.0. The molecule has 0 aliphatic carbocycles. The van der Waals surface area contributed by atoms with Crippen LogP contribution in [-0.4, -0.2) is 32.4 Å². The number of sulfonamides is 1. The highest BCUT2D eigenvalue weighted by Crippen LogP contribution is 2.14. The van der Waals surface area contributed by atoms with Crippen LogP contribution < -0.4 is 10.5 Å². The van der Waals surface area contributed by atoms with Crippen LogP contribution in [0.4, 0.5) is 0 Å². The van der Waals surface area contributed by atoms with E-state index in [4.69, 9.17) is 22.7 Å². The summed E-state index contributed by atoms with van der Waals surface area (Å²) in [5.41, 5.74) is 6.32. The molecular weight excluding hydrogens is 284 g/mol. The average molecular weight is 302 g/mol. The fraction of sp³-hybridized carbons (Fsp3) is 0.417. The molecule has 0 saturated carbocycles. The maximum atomic E-state index is 11.9. The standard InChI is InChI=1S/C12H18N2O3S2/c1-2-17-8-9-19(15,16)14-11(12(13)18)10-6-4-3-5-7-10/h3-7,11,14H,2,8-9H2,1H3,(H2,13,18). The van der Waals surface area contributed by atoms with Crippen LogP contribution in [-0.2, 0) is 14.8 Å². The topological polar surface area (TPSA) is 81.4 Å². The summed E-state index contributed by atoms with van der Waals surface area (Å²) in [5.74, 6) is -0.118. The van der Waals surface area contributed by atoms with E-state index < -0.39 is 16.1 Å². The Labute approximate surface area is 119 Å². The van der Waals surface area contributed by atoms with Crippen molar-refractivity contribution in [2.45, 2.75) is 13.0 Å². The van der Waals surface area contributed by atoms with Crippen LogP contribution in [0.3, 0.4) is 0 Å². The zero-order valence-electron chi connectivity index (χ0n) is 10.7. The maximum Gasteiger partial charge on any atom is 0.214 e. The average Bonchev–Trinajstić information content (AvgIpc) is 2.37. The van der Waals surface area contributed by atoms with E-state index in [2.05, 4.69) is 4.72 Å². The first-order chi connectivity index (χ1) is 8.96. The molecule has 0 amide bonds. The van der Waals surface area contributed by atoms with Crippen LogP contribution in [0.25, 0.3) is 0 Å². The van der Waals surface area contributed by atoms with E-state index >= 15 is 0 Å². The number of thiocarbonyl (C=S) groups is 1. The first-order valence-corrected chi connectivity index (χ1v) is 7.94. The summed E-state index contributed by atoms with van der Waals surface area (Å²) < 4.78 is 31.3. The molecule has 5 nitrogen and oxygen atoms in total. The van der Waals surface area contributed by atoms with Crippen molar-refractivity contribution in [2.75, 3.05) is 19.0 Å². The number of ether oxygens (including phenoxy) is 1. The monoisotopic (exact) mass is 302 g/mol. The molecule has 19 heavy (non-hydrogen) atoms. The van der Waals surface area contributed by atoms with Gasteiger partial charge in [-0.05, 0) is 12.5 Å². The molecule has 1 rings (SSSR count). The molecule has 0 aliphatic rings. The Bertz CT molecular complexity index is 503. The van der Waals surface area contributed by atoms with Crippen molar-refractivity contribution in [1.82, 2.24) is 4.72 Å². The molecule has 1 unspecified atom stereocenters. The van der Waals surface area contributed by atoms with Gasteiger partial charge in [-0.25, -0.2) is 13.1 Å². The number of benzene rings is 1. The molecule has 3 N–H and O–H groups in total. The van der Waals surface area contributed by atoms with E-state index in [9.17, 15) is 8.42 Å². The molecule has 0 heterocycles. The van der Waals surface area contributed by atoms with Crippen molar-refractivity contribution in [2.24, 2.45) is 5.73 Å². The number of nitrogens with one attached hydrogen (secondary N) is 1. The molecule has 0 radical (unpaired) electrons. The van der Waals surface area contributed by atoms with Crippen molar-refractivity contribution in [1.29, 1.82) is 0 Å². The Morgan fingerprint density at radius 3 is 2.58 bits per heavy atom. The van der Waals surface area contributed by atoms with Gasteiger partial charge in [0.05, 0.1) is 23.4 Å². The van der Waals surface area contributed by atoms with Gasteiger partial charge in [-0.2, -0.15) is 0 Å². The lowest BCUT2D eigenvalue weighted by Crippen LogP contribution is -2.38. The normalized spacial score (nSPS) is 13.1. The summed E-state index contributed by atoms with van der Waals surface area (Å²) in [6.45, 7) is 2.43. The predicted molar refractivity (Wildman–Crippen MR) is 79.4 cm³/mol. The Balaban J connectivity index is 2.77. The van der Waals surface area contributed by atoms with Crippen LogP contribution in [0.1, 0.15) is 18.5 Å². The van der Waals surface area contributed by atoms with E-state index in [1.807, 2.05) is 13.0 Å². The van der Waals surface area contributed by atoms with E-state index in [0.29, 0.717) is 6.61 Å². The van der Waals surface area contributed by atoms with E-state index in [-0.39, 0.29) is 17.3 Å². The van der Waals surface area contributed by atoms with E-state index in [1.54, 1.807) is 24.3 Å². The van der Waals surface area contributed by atoms with Gasteiger partial charge in [0.15, 0.2) is 0 Å². The highest BCUT2D eigenvalue weighted by molar-refractivity contribution is 7.89. The zero-order chi connectivity index (χ0) is 14.3. The number of hydrogen-bond acceptors (Lipinski definition) is 4. The van der Waals surface area contributed by atoms with E-state index in [0.717, 1.165) is 5.56 Å². The van der Waals surface area contributed by atoms with Gasteiger partial charge in [0, 0.05) is 6.61 Å². The van der Waals surface area contributed by atoms with Crippen molar-refractivity contribution >= 4 is 27.2 Å².